The highest BCUT2D eigenvalue weighted by Gasteiger charge is 2.15. The Morgan fingerprint density at radius 3 is 2.40 bits per heavy atom. The second kappa shape index (κ2) is 7.95. The summed E-state index contributed by atoms with van der Waals surface area (Å²) in [4.78, 5) is 12.4. The van der Waals surface area contributed by atoms with Gasteiger partial charge >= 0.3 is 0 Å². The minimum atomic E-state index is -0.0148. The van der Waals surface area contributed by atoms with Crippen LogP contribution in [0.5, 0.6) is 0 Å². The van der Waals surface area contributed by atoms with Crippen LogP contribution in [0.2, 0.25) is 0 Å². The molecule has 2 atom stereocenters. The van der Waals surface area contributed by atoms with Crippen LogP contribution < -0.4 is 10.6 Å². The molecule has 0 fully saturated rings. The maximum Gasteiger partial charge on any atom is 0.275 e. The summed E-state index contributed by atoms with van der Waals surface area (Å²) in [7, 11) is 0. The maximum atomic E-state index is 12.4. The molecule has 0 heterocycles. The third-order valence-corrected chi connectivity index (χ3v) is 4.65. The van der Waals surface area contributed by atoms with E-state index in [1.807, 2.05) is 43.3 Å². The molecule has 3 aromatic rings. The Morgan fingerprint density at radius 1 is 0.920 bits per heavy atom. The normalized spacial score (nSPS) is 13.4. The van der Waals surface area contributed by atoms with Gasteiger partial charge in [0.25, 0.3) is 5.91 Å². The third kappa shape index (κ3) is 4.25. The molecule has 1 amide bonds. The van der Waals surface area contributed by atoms with Crippen LogP contribution in [-0.2, 0) is 4.79 Å². The number of quaternary nitrogens is 1. The number of carbonyl (C=O) groups excluding carboxylic acids is 1. The molecule has 0 saturated carbocycles. The Morgan fingerprint density at radius 2 is 1.60 bits per heavy atom. The molecule has 3 rings (SSSR count). The minimum Gasteiger partial charge on any atom is -0.345 e. The van der Waals surface area contributed by atoms with Gasteiger partial charge in [-0.2, -0.15) is 0 Å². The van der Waals surface area contributed by atoms with Crippen LogP contribution in [0, 0.1) is 0 Å². The zero-order valence-corrected chi connectivity index (χ0v) is 14.8. The number of amides is 1. The van der Waals surface area contributed by atoms with Crippen LogP contribution in [0.15, 0.2) is 72.8 Å². The monoisotopic (exact) mass is 333 g/mol. The summed E-state index contributed by atoms with van der Waals surface area (Å²) in [6.07, 6.45) is 0. The average Bonchev–Trinajstić information content (AvgIpc) is 2.66. The van der Waals surface area contributed by atoms with E-state index in [0.717, 1.165) is 5.56 Å². The Balaban J connectivity index is 1.61. The number of nitrogens with one attached hydrogen (secondary N) is 1. The Labute approximate surface area is 149 Å². The lowest BCUT2D eigenvalue weighted by atomic mass is 10.00. The number of nitrogens with two attached hydrogens (primary N) is 1. The number of carbonyl (C=O) groups is 1. The fourth-order valence-electron chi connectivity index (χ4n) is 3.18. The van der Waals surface area contributed by atoms with E-state index in [1.165, 1.54) is 16.3 Å². The van der Waals surface area contributed by atoms with Crippen molar-refractivity contribution in [3.63, 3.8) is 0 Å². The van der Waals surface area contributed by atoms with E-state index in [9.17, 15) is 4.79 Å². The van der Waals surface area contributed by atoms with Crippen molar-refractivity contribution in [2.45, 2.75) is 25.9 Å². The SMILES string of the molecule is C[C@H](NC(=O)C[NH2+][C@@H](C)c1ccccc1)c1cccc2ccccc12. The van der Waals surface area contributed by atoms with E-state index in [2.05, 4.69) is 54.0 Å². The van der Waals surface area contributed by atoms with Gasteiger partial charge in [0.1, 0.15) is 6.04 Å². The van der Waals surface area contributed by atoms with Crippen molar-refractivity contribution < 1.29 is 10.1 Å². The van der Waals surface area contributed by atoms with E-state index >= 15 is 0 Å². The number of benzene rings is 3. The van der Waals surface area contributed by atoms with Gasteiger partial charge in [-0.25, -0.2) is 0 Å². The summed E-state index contributed by atoms with van der Waals surface area (Å²) in [6.45, 7) is 4.59. The first-order chi connectivity index (χ1) is 12.1. The highest BCUT2D eigenvalue weighted by Crippen LogP contribution is 2.23. The first-order valence-electron chi connectivity index (χ1n) is 8.80. The lowest BCUT2D eigenvalue weighted by molar-refractivity contribution is -0.682. The summed E-state index contributed by atoms with van der Waals surface area (Å²) < 4.78 is 0. The van der Waals surface area contributed by atoms with Crippen LogP contribution in [-0.4, -0.2) is 12.5 Å². The topological polar surface area (TPSA) is 45.7 Å². The lowest BCUT2D eigenvalue weighted by Crippen LogP contribution is -2.87. The number of fused-ring (bicyclic) bond motifs is 1. The summed E-state index contributed by atoms with van der Waals surface area (Å²) >= 11 is 0. The Kier molecular flexibility index (Phi) is 5.46. The zero-order valence-electron chi connectivity index (χ0n) is 14.8. The molecule has 3 heteroatoms. The van der Waals surface area contributed by atoms with Crippen LogP contribution in [0.4, 0.5) is 0 Å². The van der Waals surface area contributed by atoms with Crippen molar-refractivity contribution in [1.29, 1.82) is 0 Å². The zero-order chi connectivity index (χ0) is 17.6. The second-order valence-electron chi connectivity index (χ2n) is 6.50. The molecule has 3 nitrogen and oxygen atoms in total. The van der Waals surface area contributed by atoms with Crippen LogP contribution >= 0.6 is 0 Å². The Hall–Kier alpha value is -2.65. The largest absolute Gasteiger partial charge is 0.345 e. The van der Waals surface area contributed by atoms with Gasteiger partial charge in [0.2, 0.25) is 0 Å². The second-order valence-corrected chi connectivity index (χ2v) is 6.50. The molecular formula is C22H25N2O+. The molecule has 0 radical (unpaired) electrons. The molecule has 3 N–H and O–H groups in total. The summed E-state index contributed by atoms with van der Waals surface area (Å²) in [6, 6.07) is 25.0. The molecule has 3 aromatic carbocycles. The molecule has 0 aliphatic carbocycles. The van der Waals surface area contributed by atoms with Crippen molar-refractivity contribution in [2.75, 3.05) is 6.54 Å². The van der Waals surface area contributed by atoms with E-state index < -0.39 is 0 Å². The van der Waals surface area contributed by atoms with Gasteiger partial charge in [-0.1, -0.05) is 72.8 Å². The fourth-order valence-corrected chi connectivity index (χ4v) is 3.18. The number of hydrogen-bond donors (Lipinski definition) is 2. The van der Waals surface area contributed by atoms with Crippen molar-refractivity contribution in [2.24, 2.45) is 0 Å². The van der Waals surface area contributed by atoms with Crippen LogP contribution in [0.1, 0.15) is 37.1 Å². The predicted molar refractivity (Wildman–Crippen MR) is 102 cm³/mol. The predicted octanol–water partition coefficient (Wildman–Crippen LogP) is 3.34. The first-order valence-corrected chi connectivity index (χ1v) is 8.80. The quantitative estimate of drug-likeness (QED) is 0.714. The van der Waals surface area contributed by atoms with Crippen molar-refractivity contribution >= 4 is 16.7 Å². The highest BCUT2D eigenvalue weighted by molar-refractivity contribution is 5.87. The van der Waals surface area contributed by atoms with E-state index in [0.29, 0.717) is 6.54 Å². The molecule has 0 unspecified atom stereocenters. The molecular weight excluding hydrogens is 308 g/mol. The maximum absolute atomic E-state index is 12.4. The third-order valence-electron chi connectivity index (χ3n) is 4.65. The number of rotatable bonds is 6. The highest BCUT2D eigenvalue weighted by atomic mass is 16.1. The fraction of sp³-hybridized carbons (Fsp3) is 0.227. The molecule has 0 aromatic heterocycles. The van der Waals surface area contributed by atoms with Gasteiger partial charge in [0.15, 0.2) is 6.54 Å². The molecule has 0 aliphatic rings. The van der Waals surface area contributed by atoms with Crippen molar-refractivity contribution in [3.8, 4) is 0 Å². The first kappa shape index (κ1) is 17.2. The van der Waals surface area contributed by atoms with Gasteiger partial charge in [-0.05, 0) is 30.2 Å². The van der Waals surface area contributed by atoms with E-state index in [4.69, 9.17) is 0 Å². The van der Waals surface area contributed by atoms with Crippen molar-refractivity contribution in [1.82, 2.24) is 5.32 Å². The van der Waals surface area contributed by atoms with E-state index in [1.54, 1.807) is 0 Å². The average molecular weight is 333 g/mol. The van der Waals surface area contributed by atoms with Gasteiger partial charge in [0.05, 0.1) is 6.04 Å². The van der Waals surface area contributed by atoms with E-state index in [-0.39, 0.29) is 18.0 Å². The molecule has 0 saturated heterocycles. The summed E-state index contributed by atoms with van der Waals surface area (Å²) in [5, 5.41) is 7.59. The van der Waals surface area contributed by atoms with Crippen molar-refractivity contribution in [3.05, 3.63) is 83.9 Å². The molecule has 0 aliphatic heterocycles. The summed E-state index contributed by atoms with van der Waals surface area (Å²) in [5.74, 6) is 0.0585. The molecule has 128 valence electrons. The van der Waals surface area contributed by atoms with Gasteiger partial charge in [0, 0.05) is 5.56 Å². The van der Waals surface area contributed by atoms with Gasteiger partial charge in [-0.3, -0.25) is 4.79 Å². The van der Waals surface area contributed by atoms with Crippen LogP contribution in [0.3, 0.4) is 0 Å². The molecule has 0 spiro atoms. The minimum absolute atomic E-state index is 0.0148. The smallest absolute Gasteiger partial charge is 0.275 e. The number of hydrogen-bond acceptors (Lipinski definition) is 1. The summed E-state index contributed by atoms with van der Waals surface area (Å²) in [5.41, 5.74) is 2.39. The Bertz CT molecular complexity index is 840. The lowest BCUT2D eigenvalue weighted by Gasteiger charge is -2.17. The van der Waals surface area contributed by atoms with Crippen LogP contribution in [0.25, 0.3) is 10.8 Å². The standard InChI is InChI=1S/C22H24N2O/c1-16(18-9-4-3-5-10-18)23-15-22(25)24-17(2)20-14-8-12-19-11-6-7-13-21(19)20/h3-14,16-17,23H,15H2,1-2H3,(H,24,25)/p+1/t16-,17-/m0/s1. The molecule has 25 heavy (non-hydrogen) atoms. The van der Waals surface area contributed by atoms with Gasteiger partial charge in [-0.15, -0.1) is 0 Å². The molecule has 0 bridgehead atoms. The van der Waals surface area contributed by atoms with Gasteiger partial charge < -0.3 is 10.6 Å².